The lowest BCUT2D eigenvalue weighted by Crippen LogP contribution is -2.52. The third-order valence-electron chi connectivity index (χ3n) is 8.74. The molecule has 0 saturated heterocycles. The van der Waals surface area contributed by atoms with Crippen molar-refractivity contribution in [3.05, 3.63) is 76.5 Å². The van der Waals surface area contributed by atoms with Gasteiger partial charge in [-0.05, 0) is 35.1 Å². The van der Waals surface area contributed by atoms with Crippen LogP contribution < -0.4 is 20.7 Å². The maximum atomic E-state index is 13.9. The fraction of sp³-hybridized carbons (Fsp3) is 0.438. The maximum absolute atomic E-state index is 13.9. The number of aliphatic imine (C=N–C) groups is 1. The summed E-state index contributed by atoms with van der Waals surface area (Å²) in [5.41, 5.74) is 3.07. The zero-order valence-corrected chi connectivity index (χ0v) is 24.5. The van der Waals surface area contributed by atoms with Crippen molar-refractivity contribution in [3.63, 3.8) is 0 Å². The van der Waals surface area contributed by atoms with E-state index in [1.165, 1.54) is 0 Å². The summed E-state index contributed by atoms with van der Waals surface area (Å²) >= 11 is 0. The van der Waals surface area contributed by atoms with Crippen molar-refractivity contribution in [1.29, 1.82) is 0 Å². The van der Waals surface area contributed by atoms with Gasteiger partial charge in [0, 0.05) is 17.7 Å². The first-order chi connectivity index (χ1) is 20.7. The number of carbonyl (C=O) groups is 2. The number of aromatic nitrogens is 1. The van der Waals surface area contributed by atoms with Gasteiger partial charge >= 0.3 is 0 Å². The summed E-state index contributed by atoms with van der Waals surface area (Å²) in [5.74, 6) is 0.466. The Morgan fingerprint density at radius 1 is 1.12 bits per heavy atom. The van der Waals surface area contributed by atoms with Gasteiger partial charge in [0.2, 0.25) is 23.6 Å². The minimum absolute atomic E-state index is 0.120. The van der Waals surface area contributed by atoms with Gasteiger partial charge in [-0.1, -0.05) is 58.0 Å². The molecule has 5 heterocycles. The average Bonchev–Trinajstić information content (AvgIpc) is 3.76. The highest BCUT2D eigenvalue weighted by molar-refractivity contribution is 5.96. The van der Waals surface area contributed by atoms with E-state index in [1.807, 2.05) is 50.2 Å². The van der Waals surface area contributed by atoms with E-state index in [9.17, 15) is 14.7 Å². The topological polar surface area (TPSA) is 147 Å². The number of nitrogens with zero attached hydrogens (tertiary/aromatic N) is 2. The first kappa shape index (κ1) is 27.5. The zero-order chi connectivity index (χ0) is 30.0. The third-order valence-corrected chi connectivity index (χ3v) is 8.74. The van der Waals surface area contributed by atoms with Crippen LogP contribution in [-0.2, 0) is 26.2 Å². The van der Waals surface area contributed by atoms with Crippen molar-refractivity contribution in [2.75, 3.05) is 18.5 Å². The Morgan fingerprint density at radius 3 is 2.67 bits per heavy atom. The maximum Gasteiger partial charge on any atom is 0.249 e. The molecule has 43 heavy (non-hydrogen) atoms. The lowest BCUT2D eigenvalue weighted by molar-refractivity contribution is -0.135. The number of aliphatic hydroxyl groups is 1. The molecule has 4 aliphatic rings. The number of para-hydroxylation sites is 1. The van der Waals surface area contributed by atoms with Crippen molar-refractivity contribution >= 4 is 23.4 Å². The minimum Gasteiger partial charge on any atom is -0.474 e. The van der Waals surface area contributed by atoms with Gasteiger partial charge in [-0.3, -0.25) is 9.59 Å². The van der Waals surface area contributed by atoms with Crippen LogP contribution in [0, 0.1) is 11.8 Å². The number of fused-ring (bicyclic) bond motifs is 4. The first-order valence-electron chi connectivity index (χ1n) is 14.8. The van der Waals surface area contributed by atoms with Crippen LogP contribution in [0.2, 0.25) is 0 Å². The Labute approximate surface area is 249 Å². The van der Waals surface area contributed by atoms with E-state index in [0.717, 1.165) is 22.4 Å². The summed E-state index contributed by atoms with van der Waals surface area (Å²) in [4.78, 5) is 36.4. The lowest BCUT2D eigenvalue weighted by Gasteiger charge is -2.29. The fourth-order valence-electron chi connectivity index (χ4n) is 6.49. The Hall–Kier alpha value is -4.38. The van der Waals surface area contributed by atoms with Crippen LogP contribution in [-0.4, -0.2) is 59.3 Å². The number of aliphatic hydroxyl groups excluding tert-OH is 1. The molecule has 1 spiro atoms. The van der Waals surface area contributed by atoms with Crippen molar-refractivity contribution in [2.45, 2.75) is 63.9 Å². The molecule has 11 heteroatoms. The van der Waals surface area contributed by atoms with Gasteiger partial charge in [0.05, 0.1) is 6.54 Å². The Balaban J connectivity index is 1.46. The normalized spacial score (nSPS) is 25.8. The predicted octanol–water partition coefficient (Wildman–Crippen LogP) is 2.80. The first-order valence-corrected chi connectivity index (χ1v) is 14.8. The number of benzene rings is 2. The SMILES string of the molecule is CC(C)[C@H](O)C(=O)N[C@H]1Cc2ccc3c(c2)[C@@]2(c4ccccc4NC2O3)c2oc(nc2C2=NCCO2)[C@H](C(C)C)NC1=O. The van der Waals surface area contributed by atoms with Crippen LogP contribution in [0.4, 0.5) is 5.69 Å². The number of rotatable bonds is 5. The molecule has 4 aliphatic heterocycles. The quantitative estimate of drug-likeness (QED) is 0.358. The van der Waals surface area contributed by atoms with E-state index in [1.54, 1.807) is 13.8 Å². The highest BCUT2D eigenvalue weighted by Crippen LogP contribution is 2.58. The Kier molecular flexibility index (Phi) is 6.46. The number of carbonyl (C=O) groups excluding carboxylic acids is 2. The molecule has 2 aromatic carbocycles. The second kappa shape index (κ2) is 10.1. The van der Waals surface area contributed by atoms with Gasteiger partial charge < -0.3 is 34.9 Å². The molecule has 0 saturated carbocycles. The highest BCUT2D eigenvalue weighted by atomic mass is 16.5. The monoisotopic (exact) mass is 585 g/mol. The van der Waals surface area contributed by atoms with Crippen LogP contribution >= 0.6 is 0 Å². The number of hydrogen-bond donors (Lipinski definition) is 4. The molecule has 11 nitrogen and oxygen atoms in total. The number of anilines is 1. The molecular weight excluding hydrogens is 550 g/mol. The van der Waals surface area contributed by atoms with E-state index in [-0.39, 0.29) is 18.3 Å². The van der Waals surface area contributed by atoms with Crippen molar-refractivity contribution in [2.24, 2.45) is 16.8 Å². The van der Waals surface area contributed by atoms with Crippen molar-refractivity contribution in [3.8, 4) is 5.75 Å². The standard InChI is InChI=1S/C32H35N5O6/c1-15(2)23-30-37-24(29-33-11-12-41-29)26(43-30)32-18-7-5-6-8-20(18)35-31(32)42-22-10-9-17(13-19(22)32)14-21(27(39)36-23)34-28(40)25(38)16(3)4/h5-10,13,15-16,21,23,25,31,35,38H,11-12,14H2,1-4H3,(H,34,40)(H,36,39)/t21-,23-,25-,31?,32-/m0/s1. The van der Waals surface area contributed by atoms with Crippen LogP contribution in [0.15, 0.2) is 51.9 Å². The van der Waals surface area contributed by atoms with Crippen LogP contribution in [0.1, 0.15) is 67.8 Å². The Bertz CT molecular complexity index is 1650. The van der Waals surface area contributed by atoms with E-state index in [2.05, 4.69) is 27.0 Å². The number of nitrogens with one attached hydrogen (secondary N) is 3. The molecular formula is C32H35N5O6. The second-order valence-electron chi connectivity index (χ2n) is 12.3. The van der Waals surface area contributed by atoms with Crippen LogP contribution in [0.5, 0.6) is 5.75 Å². The summed E-state index contributed by atoms with van der Waals surface area (Å²) in [5, 5.41) is 19.9. The van der Waals surface area contributed by atoms with E-state index < -0.39 is 41.6 Å². The van der Waals surface area contributed by atoms with Crippen molar-refractivity contribution in [1.82, 2.24) is 15.6 Å². The summed E-state index contributed by atoms with van der Waals surface area (Å²) in [7, 11) is 0. The molecule has 5 atom stereocenters. The predicted molar refractivity (Wildman–Crippen MR) is 157 cm³/mol. The molecule has 4 bridgehead atoms. The smallest absolute Gasteiger partial charge is 0.249 e. The van der Waals surface area contributed by atoms with Gasteiger partial charge in [0.25, 0.3) is 0 Å². The minimum atomic E-state index is -1.25. The molecule has 0 aliphatic carbocycles. The number of amides is 2. The molecule has 1 unspecified atom stereocenters. The molecule has 0 radical (unpaired) electrons. The Morgan fingerprint density at radius 2 is 1.93 bits per heavy atom. The number of ether oxygens (including phenoxy) is 2. The summed E-state index contributed by atoms with van der Waals surface area (Å²) < 4.78 is 19.3. The summed E-state index contributed by atoms with van der Waals surface area (Å²) in [6.45, 7) is 8.38. The zero-order valence-electron chi connectivity index (χ0n) is 24.5. The van der Waals surface area contributed by atoms with Crippen LogP contribution in [0.3, 0.4) is 0 Å². The number of oxazole rings is 1. The van der Waals surface area contributed by atoms with E-state index in [4.69, 9.17) is 18.9 Å². The largest absolute Gasteiger partial charge is 0.474 e. The van der Waals surface area contributed by atoms with E-state index >= 15 is 0 Å². The fourth-order valence-corrected chi connectivity index (χ4v) is 6.49. The van der Waals surface area contributed by atoms with Gasteiger partial charge in [-0.15, -0.1) is 0 Å². The van der Waals surface area contributed by atoms with Gasteiger partial charge in [-0.2, -0.15) is 0 Å². The lowest BCUT2D eigenvalue weighted by atomic mass is 9.72. The van der Waals surface area contributed by atoms with Gasteiger partial charge in [0.15, 0.2) is 17.7 Å². The highest BCUT2D eigenvalue weighted by Gasteiger charge is 2.61. The summed E-state index contributed by atoms with van der Waals surface area (Å²) in [6, 6.07) is 12.2. The average molecular weight is 586 g/mol. The van der Waals surface area contributed by atoms with Crippen molar-refractivity contribution < 1.29 is 28.6 Å². The van der Waals surface area contributed by atoms with Gasteiger partial charge in [0.1, 0.15) is 36.0 Å². The summed E-state index contributed by atoms with van der Waals surface area (Å²) in [6.07, 6.45) is -1.59. The van der Waals surface area contributed by atoms with E-state index in [0.29, 0.717) is 42.1 Å². The molecule has 7 rings (SSSR count). The van der Waals surface area contributed by atoms with Crippen LogP contribution in [0.25, 0.3) is 0 Å². The molecule has 2 amide bonds. The third kappa shape index (κ3) is 4.20. The molecule has 1 aromatic heterocycles. The molecule has 224 valence electrons. The van der Waals surface area contributed by atoms with Gasteiger partial charge in [-0.25, -0.2) is 9.98 Å². The second-order valence-corrected chi connectivity index (χ2v) is 12.3. The number of hydrogen-bond acceptors (Lipinski definition) is 9. The molecule has 0 fully saturated rings. The molecule has 3 aromatic rings. The molecule has 4 N–H and O–H groups in total.